The third-order valence-corrected chi connectivity index (χ3v) is 4.94. The minimum absolute atomic E-state index is 0.181. The van der Waals surface area contributed by atoms with E-state index in [1.165, 1.54) is 5.56 Å². The maximum atomic E-state index is 12.7. The molecular formula is C22H25N3O2. The van der Waals surface area contributed by atoms with E-state index in [0.29, 0.717) is 12.0 Å². The third kappa shape index (κ3) is 5.32. The van der Waals surface area contributed by atoms with Crippen LogP contribution in [0.2, 0.25) is 0 Å². The van der Waals surface area contributed by atoms with Gasteiger partial charge in [-0.3, -0.25) is 9.69 Å². The summed E-state index contributed by atoms with van der Waals surface area (Å²) in [7, 11) is 1.64. The molecule has 3 rings (SSSR count). The summed E-state index contributed by atoms with van der Waals surface area (Å²) in [5.74, 6) is 0.986. The van der Waals surface area contributed by atoms with Gasteiger partial charge in [-0.25, -0.2) is 0 Å². The van der Waals surface area contributed by atoms with Crippen molar-refractivity contribution in [3.8, 4) is 11.8 Å². The van der Waals surface area contributed by atoms with Gasteiger partial charge in [0.1, 0.15) is 5.75 Å². The van der Waals surface area contributed by atoms with Crippen LogP contribution < -0.4 is 4.74 Å². The summed E-state index contributed by atoms with van der Waals surface area (Å²) in [5, 5.41) is 8.90. The van der Waals surface area contributed by atoms with Gasteiger partial charge in [0.05, 0.1) is 25.2 Å². The molecule has 0 unspecified atom stereocenters. The molecule has 1 fully saturated rings. The standard InChI is InChI=1S/C22H25N3O2/c1-27-21-9-7-18(8-10-21)15-22(26)25-12-2-11-24(13-14-25)17-20-5-3-19(16-23)4-6-20/h3-10H,2,11-15,17H2,1H3. The van der Waals surface area contributed by atoms with E-state index in [2.05, 4.69) is 11.0 Å². The molecule has 0 spiro atoms. The van der Waals surface area contributed by atoms with Crippen molar-refractivity contribution in [2.24, 2.45) is 0 Å². The zero-order valence-electron chi connectivity index (χ0n) is 15.7. The van der Waals surface area contributed by atoms with Crippen LogP contribution in [0.25, 0.3) is 0 Å². The Bertz CT molecular complexity index is 794. The van der Waals surface area contributed by atoms with Crippen LogP contribution >= 0.6 is 0 Å². The summed E-state index contributed by atoms with van der Waals surface area (Å²) in [6.07, 6.45) is 1.41. The molecule has 0 N–H and O–H groups in total. The van der Waals surface area contributed by atoms with Crippen molar-refractivity contribution < 1.29 is 9.53 Å². The van der Waals surface area contributed by atoms with E-state index in [1.54, 1.807) is 7.11 Å². The van der Waals surface area contributed by atoms with Crippen LogP contribution in [0.5, 0.6) is 5.75 Å². The fourth-order valence-corrected chi connectivity index (χ4v) is 3.35. The van der Waals surface area contributed by atoms with Gasteiger partial charge in [0.15, 0.2) is 0 Å². The Labute approximate surface area is 160 Å². The van der Waals surface area contributed by atoms with Crippen molar-refractivity contribution >= 4 is 5.91 Å². The number of carbonyl (C=O) groups excluding carboxylic acids is 1. The van der Waals surface area contributed by atoms with Crippen molar-refractivity contribution in [1.82, 2.24) is 9.80 Å². The topological polar surface area (TPSA) is 56.6 Å². The number of amides is 1. The zero-order valence-corrected chi connectivity index (χ0v) is 15.7. The first-order chi connectivity index (χ1) is 13.2. The van der Waals surface area contributed by atoms with Gasteiger partial charge in [0.25, 0.3) is 0 Å². The molecule has 140 valence electrons. The highest BCUT2D eigenvalue weighted by Gasteiger charge is 2.19. The summed E-state index contributed by atoms with van der Waals surface area (Å²) < 4.78 is 5.16. The first kappa shape index (κ1) is 18.9. The highest BCUT2D eigenvalue weighted by Crippen LogP contribution is 2.14. The average Bonchev–Trinajstić information content (AvgIpc) is 2.95. The van der Waals surface area contributed by atoms with Gasteiger partial charge in [-0.1, -0.05) is 24.3 Å². The number of nitriles is 1. The minimum Gasteiger partial charge on any atom is -0.497 e. The lowest BCUT2D eigenvalue weighted by atomic mass is 10.1. The Hall–Kier alpha value is -2.84. The molecule has 0 aliphatic carbocycles. The Morgan fingerprint density at radius 1 is 1.00 bits per heavy atom. The predicted octanol–water partition coefficient (Wildman–Crippen LogP) is 2.84. The van der Waals surface area contributed by atoms with Crippen LogP contribution in [-0.4, -0.2) is 49.0 Å². The minimum atomic E-state index is 0.181. The van der Waals surface area contributed by atoms with Crippen molar-refractivity contribution in [2.45, 2.75) is 19.4 Å². The molecule has 27 heavy (non-hydrogen) atoms. The molecule has 1 saturated heterocycles. The SMILES string of the molecule is COc1ccc(CC(=O)N2CCCN(Cc3ccc(C#N)cc3)CC2)cc1. The number of hydrogen-bond donors (Lipinski definition) is 0. The van der Waals surface area contributed by atoms with Crippen molar-refractivity contribution in [1.29, 1.82) is 5.26 Å². The van der Waals surface area contributed by atoms with Crippen LogP contribution in [0, 0.1) is 11.3 Å². The van der Waals surface area contributed by atoms with E-state index in [-0.39, 0.29) is 5.91 Å². The molecule has 0 radical (unpaired) electrons. The summed E-state index contributed by atoms with van der Waals surface area (Å²) in [6.45, 7) is 4.26. The zero-order chi connectivity index (χ0) is 19.1. The largest absolute Gasteiger partial charge is 0.497 e. The van der Waals surface area contributed by atoms with E-state index >= 15 is 0 Å². The van der Waals surface area contributed by atoms with Gasteiger partial charge in [0.2, 0.25) is 5.91 Å². The molecule has 2 aromatic carbocycles. The van der Waals surface area contributed by atoms with Crippen LogP contribution in [0.3, 0.4) is 0 Å². The lowest BCUT2D eigenvalue weighted by Crippen LogP contribution is -2.36. The van der Waals surface area contributed by atoms with Gasteiger partial charge >= 0.3 is 0 Å². The molecule has 0 bridgehead atoms. The van der Waals surface area contributed by atoms with Gasteiger partial charge in [-0.2, -0.15) is 5.26 Å². The van der Waals surface area contributed by atoms with E-state index < -0.39 is 0 Å². The second kappa shape index (κ2) is 9.20. The lowest BCUT2D eigenvalue weighted by Gasteiger charge is -2.22. The quantitative estimate of drug-likeness (QED) is 0.820. The monoisotopic (exact) mass is 363 g/mol. The number of rotatable bonds is 5. The average molecular weight is 363 g/mol. The Morgan fingerprint density at radius 3 is 2.37 bits per heavy atom. The number of carbonyl (C=O) groups is 1. The molecule has 1 aliphatic heterocycles. The van der Waals surface area contributed by atoms with Crippen molar-refractivity contribution in [3.63, 3.8) is 0 Å². The number of benzene rings is 2. The van der Waals surface area contributed by atoms with Gasteiger partial charge in [-0.05, 0) is 41.8 Å². The summed E-state index contributed by atoms with van der Waals surface area (Å²) in [6, 6.07) is 17.6. The fourth-order valence-electron chi connectivity index (χ4n) is 3.35. The van der Waals surface area contributed by atoms with Crippen LogP contribution in [0.4, 0.5) is 0 Å². The summed E-state index contributed by atoms with van der Waals surface area (Å²) in [4.78, 5) is 17.0. The molecular weight excluding hydrogens is 338 g/mol. The molecule has 5 heteroatoms. The molecule has 1 heterocycles. The normalized spacial score (nSPS) is 15.0. The molecule has 0 atom stereocenters. The number of hydrogen-bond acceptors (Lipinski definition) is 4. The third-order valence-electron chi connectivity index (χ3n) is 4.94. The summed E-state index contributed by atoms with van der Waals surface area (Å²) in [5.41, 5.74) is 2.90. The van der Waals surface area contributed by atoms with E-state index in [9.17, 15) is 4.79 Å². The van der Waals surface area contributed by atoms with Crippen LogP contribution in [0.15, 0.2) is 48.5 Å². The van der Waals surface area contributed by atoms with Gasteiger partial charge in [0, 0.05) is 32.7 Å². The number of nitrogens with zero attached hydrogens (tertiary/aromatic N) is 3. The fraction of sp³-hybridized carbons (Fsp3) is 0.364. The van der Waals surface area contributed by atoms with Crippen molar-refractivity contribution in [3.05, 3.63) is 65.2 Å². The molecule has 2 aromatic rings. The molecule has 1 amide bonds. The first-order valence-corrected chi connectivity index (χ1v) is 9.30. The lowest BCUT2D eigenvalue weighted by molar-refractivity contribution is -0.130. The first-order valence-electron chi connectivity index (χ1n) is 9.30. The molecule has 5 nitrogen and oxygen atoms in total. The van der Waals surface area contributed by atoms with E-state index in [1.807, 2.05) is 53.4 Å². The molecule has 1 aliphatic rings. The Morgan fingerprint density at radius 2 is 1.70 bits per heavy atom. The maximum Gasteiger partial charge on any atom is 0.227 e. The predicted molar refractivity (Wildman–Crippen MR) is 104 cm³/mol. The molecule has 0 saturated carbocycles. The number of ether oxygens (including phenoxy) is 1. The summed E-state index contributed by atoms with van der Waals surface area (Å²) >= 11 is 0. The highest BCUT2D eigenvalue weighted by molar-refractivity contribution is 5.78. The maximum absolute atomic E-state index is 12.7. The molecule has 0 aromatic heterocycles. The van der Waals surface area contributed by atoms with Crippen LogP contribution in [0.1, 0.15) is 23.1 Å². The van der Waals surface area contributed by atoms with Crippen molar-refractivity contribution in [2.75, 3.05) is 33.3 Å². The van der Waals surface area contributed by atoms with E-state index in [4.69, 9.17) is 10.00 Å². The van der Waals surface area contributed by atoms with Crippen LogP contribution in [-0.2, 0) is 17.8 Å². The Kier molecular flexibility index (Phi) is 6.45. The van der Waals surface area contributed by atoms with Gasteiger partial charge in [-0.15, -0.1) is 0 Å². The highest BCUT2D eigenvalue weighted by atomic mass is 16.5. The van der Waals surface area contributed by atoms with Gasteiger partial charge < -0.3 is 9.64 Å². The Balaban J connectivity index is 1.52. The van der Waals surface area contributed by atoms with E-state index in [0.717, 1.165) is 50.5 Å². The smallest absolute Gasteiger partial charge is 0.227 e. The number of methoxy groups -OCH3 is 1. The second-order valence-electron chi connectivity index (χ2n) is 6.84. The second-order valence-corrected chi connectivity index (χ2v) is 6.84.